The minimum absolute atomic E-state index is 0.0235. The van der Waals surface area contributed by atoms with Crippen molar-refractivity contribution in [1.82, 2.24) is 9.80 Å². The molecule has 2 fully saturated rings. The van der Waals surface area contributed by atoms with Crippen molar-refractivity contribution < 1.29 is 33.1 Å². The van der Waals surface area contributed by atoms with E-state index in [1.165, 1.54) is 23.5 Å². The molecule has 1 aromatic rings. The van der Waals surface area contributed by atoms with Crippen LogP contribution in [0.2, 0.25) is 0 Å². The highest BCUT2D eigenvalue weighted by Gasteiger charge is 2.48. The molecule has 0 radical (unpaired) electrons. The molecular formula is C31H48F2N2O5. The number of alkyl halides is 2. The number of nitrogens with zero attached hydrogens (tertiary/aromatic N) is 2. The van der Waals surface area contributed by atoms with Gasteiger partial charge in [0, 0.05) is 25.9 Å². The molecule has 1 aliphatic carbocycles. The molecule has 1 atom stereocenters. The summed E-state index contributed by atoms with van der Waals surface area (Å²) in [5, 5.41) is 6.89. The Morgan fingerprint density at radius 1 is 1.12 bits per heavy atom. The van der Waals surface area contributed by atoms with Crippen molar-refractivity contribution in [3.63, 3.8) is 0 Å². The maximum atomic E-state index is 13.2. The van der Waals surface area contributed by atoms with E-state index in [1.807, 2.05) is 39.0 Å². The average molecular weight is 567 g/mol. The summed E-state index contributed by atoms with van der Waals surface area (Å²) < 4.78 is 26.5. The Kier molecular flexibility index (Phi) is 17.6. The number of halogens is 2. The van der Waals surface area contributed by atoms with Crippen molar-refractivity contribution in [2.45, 2.75) is 97.4 Å². The topological polar surface area (TPSA) is 95.0 Å². The molecule has 7 nitrogen and oxygen atoms in total. The molecule has 226 valence electrons. The van der Waals surface area contributed by atoms with Gasteiger partial charge in [0.15, 0.2) is 5.78 Å². The van der Waals surface area contributed by atoms with E-state index in [9.17, 15) is 23.2 Å². The van der Waals surface area contributed by atoms with E-state index in [4.69, 9.17) is 9.90 Å². The summed E-state index contributed by atoms with van der Waals surface area (Å²) in [5.74, 6) is -3.06. The quantitative estimate of drug-likeness (QED) is 0.204. The summed E-state index contributed by atoms with van der Waals surface area (Å²) in [4.78, 5) is 47.8. The van der Waals surface area contributed by atoms with Crippen molar-refractivity contribution in [3.8, 4) is 0 Å². The monoisotopic (exact) mass is 566 g/mol. The van der Waals surface area contributed by atoms with E-state index in [2.05, 4.69) is 25.6 Å². The van der Waals surface area contributed by atoms with Gasteiger partial charge in [-0.05, 0) is 51.5 Å². The summed E-state index contributed by atoms with van der Waals surface area (Å²) in [6.07, 6.45) is 5.93. The maximum absolute atomic E-state index is 13.2. The van der Waals surface area contributed by atoms with Gasteiger partial charge >= 0.3 is 0 Å². The number of benzene rings is 1. The highest BCUT2D eigenvalue weighted by atomic mass is 19.3. The van der Waals surface area contributed by atoms with E-state index in [1.54, 1.807) is 4.90 Å². The van der Waals surface area contributed by atoms with Crippen LogP contribution in [0.1, 0.15) is 84.6 Å². The number of aryl methyl sites for hydroxylation is 1. The molecule has 0 aromatic heterocycles. The first-order valence-electron chi connectivity index (χ1n) is 14.1. The third kappa shape index (κ3) is 12.4. The van der Waals surface area contributed by atoms with Gasteiger partial charge in [-0.3, -0.25) is 19.2 Å². The molecule has 9 heteroatoms. The molecule has 1 heterocycles. The second kappa shape index (κ2) is 19.1. The molecule has 2 aliphatic rings. The third-order valence-electron chi connectivity index (χ3n) is 7.11. The lowest BCUT2D eigenvalue weighted by atomic mass is 9.72. The number of hydrogen-bond acceptors (Lipinski definition) is 4. The van der Waals surface area contributed by atoms with Gasteiger partial charge in [0.1, 0.15) is 5.54 Å². The zero-order chi connectivity index (χ0) is 30.8. The van der Waals surface area contributed by atoms with Crippen molar-refractivity contribution >= 4 is 24.1 Å². The minimum Gasteiger partial charge on any atom is -0.483 e. The molecule has 0 spiro atoms. The third-order valence-corrected chi connectivity index (χ3v) is 7.11. The van der Waals surface area contributed by atoms with E-state index < -0.39 is 18.0 Å². The highest BCUT2D eigenvalue weighted by Crippen LogP contribution is 2.39. The molecule has 40 heavy (non-hydrogen) atoms. The van der Waals surface area contributed by atoms with Crippen molar-refractivity contribution in [1.29, 1.82) is 0 Å². The van der Waals surface area contributed by atoms with E-state index in [0.717, 1.165) is 25.7 Å². The fraction of sp³-hybridized carbons (Fsp3) is 0.613. The van der Waals surface area contributed by atoms with Gasteiger partial charge in [-0.15, -0.1) is 0 Å². The smallest absolute Gasteiger partial charge is 0.290 e. The molecule has 1 unspecified atom stereocenters. The Balaban J connectivity index is 0.00000106. The lowest BCUT2D eigenvalue weighted by molar-refractivity contribution is -0.148. The summed E-state index contributed by atoms with van der Waals surface area (Å²) >= 11 is 0. The average Bonchev–Trinajstić information content (AvgIpc) is 3.26. The number of carboxylic acid groups (broad SMARTS) is 1. The summed E-state index contributed by atoms with van der Waals surface area (Å²) in [6.45, 7) is 13.0. The van der Waals surface area contributed by atoms with E-state index in [-0.39, 0.29) is 49.4 Å². The number of Topliss-reactive ketones (excluding diaryl/α,β-unsaturated/α-hetero) is 1. The van der Waals surface area contributed by atoms with Crippen LogP contribution in [0.4, 0.5) is 8.78 Å². The van der Waals surface area contributed by atoms with E-state index >= 15 is 0 Å². The number of unbranched alkanes of at least 4 members (excludes halogenated alkanes) is 1. The molecule has 3 rings (SSSR count). The molecule has 1 aromatic carbocycles. The van der Waals surface area contributed by atoms with Crippen molar-refractivity contribution in [2.24, 2.45) is 5.92 Å². The van der Waals surface area contributed by atoms with Gasteiger partial charge in [-0.25, -0.2) is 8.78 Å². The number of carbonyl (C=O) groups excluding carboxylic acids is 3. The Morgan fingerprint density at radius 2 is 1.70 bits per heavy atom. The Labute approximate surface area is 238 Å². The standard InChI is InChI=1S/C21H32F2N2O3.C7H8.C2H6.CH2O2/c1-4-18(27)25(20(17(3)26)9-7-10-20)12-6-5-8-16(2)14-19(28)24-13-11-21(22,23)15-24;1-7-5-3-2-4-6-7;1-2;2-1-3/h4,16H,1,5-15H2,2-3H3;2-6H,1H3;1-2H3;1H,(H,2,3). The largest absolute Gasteiger partial charge is 0.483 e. The molecule has 1 saturated heterocycles. The molecule has 1 saturated carbocycles. The zero-order valence-corrected chi connectivity index (χ0v) is 24.8. The highest BCUT2D eigenvalue weighted by molar-refractivity contribution is 5.95. The summed E-state index contributed by atoms with van der Waals surface area (Å²) in [5.41, 5.74) is 0.649. The molecule has 2 amide bonds. The van der Waals surface area contributed by atoms with Crippen molar-refractivity contribution in [3.05, 3.63) is 48.6 Å². The van der Waals surface area contributed by atoms with Gasteiger partial charge in [0.05, 0.1) is 6.54 Å². The van der Waals surface area contributed by atoms with Crippen LogP contribution in [0.5, 0.6) is 0 Å². The first kappa shape index (κ1) is 36.9. The van der Waals surface area contributed by atoms with Gasteiger partial charge in [-0.2, -0.15) is 0 Å². The van der Waals surface area contributed by atoms with Gasteiger partial charge in [0.25, 0.3) is 12.4 Å². The number of rotatable bonds is 10. The Morgan fingerprint density at radius 3 is 2.08 bits per heavy atom. The number of likely N-dealkylation sites (tertiary alicyclic amines) is 1. The Bertz CT molecular complexity index is 920. The van der Waals surface area contributed by atoms with Crippen LogP contribution in [-0.4, -0.2) is 70.1 Å². The van der Waals surface area contributed by atoms with Crippen LogP contribution < -0.4 is 0 Å². The van der Waals surface area contributed by atoms with Crippen LogP contribution >= 0.6 is 0 Å². The van der Waals surface area contributed by atoms with Crippen LogP contribution in [0, 0.1) is 12.8 Å². The first-order chi connectivity index (χ1) is 18.9. The second-order valence-electron chi connectivity index (χ2n) is 10.1. The lowest BCUT2D eigenvalue weighted by Gasteiger charge is -2.48. The fourth-order valence-electron chi connectivity index (χ4n) is 4.74. The number of ketones is 1. The van der Waals surface area contributed by atoms with Gasteiger partial charge < -0.3 is 14.9 Å². The predicted octanol–water partition coefficient (Wildman–Crippen LogP) is 6.30. The normalized spacial score (nSPS) is 16.6. The molecule has 1 aliphatic heterocycles. The predicted molar refractivity (Wildman–Crippen MR) is 154 cm³/mol. The number of amides is 2. The number of carbonyl (C=O) groups is 4. The van der Waals surface area contributed by atoms with Crippen LogP contribution in [-0.2, 0) is 19.2 Å². The zero-order valence-electron chi connectivity index (χ0n) is 24.8. The molecule has 1 N–H and O–H groups in total. The number of hydrogen-bond donors (Lipinski definition) is 1. The summed E-state index contributed by atoms with van der Waals surface area (Å²) in [6, 6.07) is 10.3. The lowest BCUT2D eigenvalue weighted by Crippen LogP contribution is -2.60. The fourth-order valence-corrected chi connectivity index (χ4v) is 4.74. The van der Waals surface area contributed by atoms with Crippen LogP contribution in [0.25, 0.3) is 0 Å². The maximum Gasteiger partial charge on any atom is 0.290 e. The minimum atomic E-state index is -2.76. The first-order valence-corrected chi connectivity index (χ1v) is 14.1. The van der Waals surface area contributed by atoms with Gasteiger partial charge in [-0.1, -0.05) is 76.1 Å². The van der Waals surface area contributed by atoms with Crippen LogP contribution in [0.15, 0.2) is 43.0 Å². The molecular weight excluding hydrogens is 518 g/mol. The van der Waals surface area contributed by atoms with Gasteiger partial charge in [0.2, 0.25) is 11.8 Å². The molecule has 0 bridgehead atoms. The SMILES string of the molecule is C=CC(=O)N(CCCCC(C)CC(=O)N1CCC(F)(F)C1)C1(C(C)=O)CCC1.CC.Cc1ccccc1.O=CO. The van der Waals surface area contributed by atoms with Crippen molar-refractivity contribution in [2.75, 3.05) is 19.6 Å². The summed E-state index contributed by atoms with van der Waals surface area (Å²) in [7, 11) is 0. The second-order valence-corrected chi connectivity index (χ2v) is 10.1. The van der Waals surface area contributed by atoms with E-state index in [0.29, 0.717) is 19.4 Å². The Hall–Kier alpha value is -3.10. The van der Waals surface area contributed by atoms with Crippen LogP contribution in [0.3, 0.4) is 0 Å².